The molecule has 0 heterocycles. The predicted molar refractivity (Wildman–Crippen MR) is 233 cm³/mol. The fourth-order valence-corrected chi connectivity index (χ4v) is 8.00. The van der Waals surface area contributed by atoms with E-state index in [0.717, 1.165) is 0 Å². The molecule has 0 unspecified atom stereocenters. The topological polar surface area (TPSA) is 0 Å². The maximum atomic E-state index is 3.81. The van der Waals surface area contributed by atoms with E-state index in [4.69, 9.17) is 0 Å². The number of rotatable bonds is 47. The standard InChI is InChI=1S/C50H98/c1-3-5-7-9-11-13-15-17-19-21-23-25-27-29-31-33-35-37-39-41-43-45-47-49-50-48-46-44-42-40-38-36-34-32-30-28-26-24-22-20-18-16-14-12-10-8-6-4-2/h3-4H,1-2,5-50H2. The van der Waals surface area contributed by atoms with E-state index < -0.39 is 0 Å². The van der Waals surface area contributed by atoms with Crippen LogP contribution in [-0.4, -0.2) is 0 Å². The molecular weight excluding hydrogens is 601 g/mol. The Morgan fingerprint density at radius 1 is 0.140 bits per heavy atom. The monoisotopic (exact) mass is 699 g/mol. The Labute approximate surface area is 319 Å². The first-order valence-corrected chi connectivity index (χ1v) is 24.1. The lowest BCUT2D eigenvalue weighted by atomic mass is 10.0. The summed E-state index contributed by atoms with van der Waals surface area (Å²) in [5.74, 6) is 0. The molecule has 0 saturated heterocycles. The highest BCUT2D eigenvalue weighted by Crippen LogP contribution is 2.18. The van der Waals surface area contributed by atoms with Crippen LogP contribution < -0.4 is 0 Å². The van der Waals surface area contributed by atoms with Gasteiger partial charge in [0.2, 0.25) is 0 Å². The molecule has 0 heteroatoms. The van der Waals surface area contributed by atoms with Crippen molar-refractivity contribution < 1.29 is 0 Å². The summed E-state index contributed by atoms with van der Waals surface area (Å²) in [7, 11) is 0. The van der Waals surface area contributed by atoms with E-state index in [9.17, 15) is 0 Å². The Balaban J connectivity index is 3.04. The average molecular weight is 699 g/mol. The van der Waals surface area contributed by atoms with E-state index in [1.807, 2.05) is 0 Å². The molecule has 0 amide bonds. The van der Waals surface area contributed by atoms with Crippen LogP contribution >= 0.6 is 0 Å². The third-order valence-electron chi connectivity index (χ3n) is 11.6. The van der Waals surface area contributed by atoms with E-state index in [1.165, 1.54) is 295 Å². The van der Waals surface area contributed by atoms with E-state index in [-0.39, 0.29) is 0 Å². The van der Waals surface area contributed by atoms with E-state index in [2.05, 4.69) is 25.3 Å². The molecule has 0 nitrogen and oxygen atoms in total. The van der Waals surface area contributed by atoms with Crippen LogP contribution in [0.5, 0.6) is 0 Å². The molecule has 0 saturated carbocycles. The molecule has 298 valence electrons. The molecule has 0 aliphatic carbocycles. The molecule has 0 spiro atoms. The molecule has 0 bridgehead atoms. The zero-order valence-electron chi connectivity index (χ0n) is 35.1. The fraction of sp³-hybridized carbons (Fsp3) is 0.920. The fourth-order valence-electron chi connectivity index (χ4n) is 8.00. The van der Waals surface area contributed by atoms with Crippen LogP contribution in [-0.2, 0) is 0 Å². The Morgan fingerprint density at radius 3 is 0.300 bits per heavy atom. The number of unbranched alkanes of at least 4 members (excludes halogenated alkanes) is 45. The van der Waals surface area contributed by atoms with Crippen LogP contribution in [0.15, 0.2) is 25.3 Å². The van der Waals surface area contributed by atoms with Crippen LogP contribution in [0.2, 0.25) is 0 Å². The largest absolute Gasteiger partial charge is 0.103 e. The summed E-state index contributed by atoms with van der Waals surface area (Å²) in [6.07, 6.45) is 71.4. The van der Waals surface area contributed by atoms with Gasteiger partial charge in [-0.25, -0.2) is 0 Å². The molecule has 0 aromatic rings. The van der Waals surface area contributed by atoms with Crippen molar-refractivity contribution in [2.75, 3.05) is 0 Å². The van der Waals surface area contributed by atoms with E-state index >= 15 is 0 Å². The maximum absolute atomic E-state index is 3.81. The molecular formula is C50H98. The lowest BCUT2D eigenvalue weighted by molar-refractivity contribution is 0.508. The predicted octanol–water partition coefficient (Wildman–Crippen LogP) is 19.3. The van der Waals surface area contributed by atoms with Gasteiger partial charge in [0.1, 0.15) is 0 Å². The normalized spacial score (nSPS) is 11.4. The molecule has 0 fully saturated rings. The minimum absolute atomic E-state index is 1.21. The number of allylic oxidation sites excluding steroid dienone is 2. The summed E-state index contributed by atoms with van der Waals surface area (Å²) >= 11 is 0. The zero-order chi connectivity index (χ0) is 35.9. The minimum Gasteiger partial charge on any atom is -0.103 e. The zero-order valence-corrected chi connectivity index (χ0v) is 35.1. The average Bonchev–Trinajstić information content (AvgIpc) is 3.13. The van der Waals surface area contributed by atoms with Crippen molar-refractivity contribution >= 4 is 0 Å². The highest BCUT2D eigenvalue weighted by molar-refractivity contribution is 4.66. The number of hydrogen-bond donors (Lipinski definition) is 0. The van der Waals surface area contributed by atoms with Gasteiger partial charge in [0, 0.05) is 0 Å². The van der Waals surface area contributed by atoms with Crippen LogP contribution in [0.3, 0.4) is 0 Å². The molecule has 0 aliphatic heterocycles. The first-order valence-electron chi connectivity index (χ1n) is 24.1. The summed E-state index contributed by atoms with van der Waals surface area (Å²) in [6, 6.07) is 0. The Hall–Kier alpha value is -0.520. The lowest BCUT2D eigenvalue weighted by Crippen LogP contribution is -1.85. The van der Waals surface area contributed by atoms with Gasteiger partial charge in [-0.15, -0.1) is 13.2 Å². The van der Waals surface area contributed by atoms with Crippen LogP contribution in [0.25, 0.3) is 0 Å². The quantitative estimate of drug-likeness (QED) is 0.0438. The third-order valence-corrected chi connectivity index (χ3v) is 11.6. The SMILES string of the molecule is C=CCCCCCCCCCCCCCCCCCCCCCCCCCCCCCCCCCCCCCCCCCCCCCCC=C. The third kappa shape index (κ3) is 47.5. The second kappa shape index (κ2) is 48.5. The van der Waals surface area contributed by atoms with Crippen molar-refractivity contribution in [1.82, 2.24) is 0 Å². The van der Waals surface area contributed by atoms with E-state index in [1.54, 1.807) is 0 Å². The van der Waals surface area contributed by atoms with Gasteiger partial charge in [0.25, 0.3) is 0 Å². The molecule has 0 N–H and O–H groups in total. The Bertz CT molecular complexity index is 537. The summed E-state index contributed by atoms with van der Waals surface area (Å²) in [4.78, 5) is 0. The van der Waals surface area contributed by atoms with Gasteiger partial charge in [-0.3, -0.25) is 0 Å². The summed E-state index contributed by atoms with van der Waals surface area (Å²) in [5, 5.41) is 0. The minimum atomic E-state index is 1.21. The van der Waals surface area contributed by atoms with Crippen molar-refractivity contribution in [3.05, 3.63) is 25.3 Å². The first-order chi connectivity index (χ1) is 24.9. The van der Waals surface area contributed by atoms with Crippen LogP contribution in [0, 0.1) is 0 Å². The maximum Gasteiger partial charge on any atom is -0.0353 e. The number of hydrogen-bond acceptors (Lipinski definition) is 0. The molecule has 0 rings (SSSR count). The molecule has 0 aromatic heterocycles. The highest BCUT2D eigenvalue weighted by atomic mass is 14.0. The van der Waals surface area contributed by atoms with Gasteiger partial charge in [0.15, 0.2) is 0 Å². The molecule has 0 atom stereocenters. The van der Waals surface area contributed by atoms with Gasteiger partial charge in [0.05, 0.1) is 0 Å². The summed E-state index contributed by atoms with van der Waals surface area (Å²) < 4.78 is 0. The second-order valence-corrected chi connectivity index (χ2v) is 16.7. The van der Waals surface area contributed by atoms with Gasteiger partial charge in [-0.1, -0.05) is 282 Å². The van der Waals surface area contributed by atoms with Gasteiger partial charge in [-0.05, 0) is 25.7 Å². The molecule has 50 heavy (non-hydrogen) atoms. The van der Waals surface area contributed by atoms with Crippen molar-refractivity contribution in [1.29, 1.82) is 0 Å². The Kier molecular flexibility index (Phi) is 48.0. The smallest absolute Gasteiger partial charge is 0.0353 e. The summed E-state index contributed by atoms with van der Waals surface area (Å²) in [5.41, 5.74) is 0. The first kappa shape index (κ1) is 49.5. The van der Waals surface area contributed by atoms with Gasteiger partial charge >= 0.3 is 0 Å². The van der Waals surface area contributed by atoms with Crippen LogP contribution in [0.1, 0.15) is 295 Å². The van der Waals surface area contributed by atoms with Crippen molar-refractivity contribution in [3.8, 4) is 0 Å². The Morgan fingerprint density at radius 2 is 0.220 bits per heavy atom. The van der Waals surface area contributed by atoms with Gasteiger partial charge < -0.3 is 0 Å². The second-order valence-electron chi connectivity index (χ2n) is 16.7. The highest BCUT2D eigenvalue weighted by Gasteiger charge is 1.98. The van der Waals surface area contributed by atoms with Gasteiger partial charge in [-0.2, -0.15) is 0 Å². The van der Waals surface area contributed by atoms with Crippen molar-refractivity contribution in [2.45, 2.75) is 295 Å². The summed E-state index contributed by atoms with van der Waals surface area (Å²) in [6.45, 7) is 7.62. The van der Waals surface area contributed by atoms with Crippen molar-refractivity contribution in [3.63, 3.8) is 0 Å². The molecule has 0 radical (unpaired) electrons. The molecule has 0 aliphatic rings. The van der Waals surface area contributed by atoms with E-state index in [0.29, 0.717) is 0 Å². The van der Waals surface area contributed by atoms with Crippen LogP contribution in [0.4, 0.5) is 0 Å². The van der Waals surface area contributed by atoms with Crippen molar-refractivity contribution in [2.24, 2.45) is 0 Å². The molecule has 0 aromatic carbocycles. The lowest BCUT2D eigenvalue weighted by Gasteiger charge is -2.05.